The van der Waals surface area contributed by atoms with Crippen LogP contribution in [-0.2, 0) is 0 Å². The van der Waals surface area contributed by atoms with Crippen molar-refractivity contribution in [2.75, 3.05) is 7.05 Å². The monoisotopic (exact) mass is 204 g/mol. The molecule has 0 unspecified atom stereocenters. The summed E-state index contributed by atoms with van der Waals surface area (Å²) in [5.41, 5.74) is 0.0484. The van der Waals surface area contributed by atoms with Crippen LogP contribution in [0.25, 0.3) is 0 Å². The van der Waals surface area contributed by atoms with E-state index in [0.717, 1.165) is 0 Å². The Morgan fingerprint density at radius 2 is 2.21 bits per heavy atom. The van der Waals surface area contributed by atoms with Crippen molar-refractivity contribution >= 4 is 6.21 Å². The van der Waals surface area contributed by atoms with E-state index in [4.69, 9.17) is 0 Å². The second-order valence-electron chi connectivity index (χ2n) is 2.32. The van der Waals surface area contributed by atoms with Crippen molar-refractivity contribution in [2.45, 2.75) is 6.36 Å². The quantitative estimate of drug-likeness (QED) is 0.691. The van der Waals surface area contributed by atoms with Crippen LogP contribution in [0.15, 0.2) is 23.3 Å². The zero-order chi connectivity index (χ0) is 10.6. The molecule has 0 aliphatic rings. The number of ether oxygens (including phenoxy) is 1. The van der Waals surface area contributed by atoms with E-state index in [1.165, 1.54) is 31.6 Å². The molecule has 0 atom stereocenters. The molecule has 0 aliphatic heterocycles. The Balaban J connectivity index is 2.96. The highest BCUT2D eigenvalue weighted by atomic mass is 19.4. The summed E-state index contributed by atoms with van der Waals surface area (Å²) in [5.74, 6) is -0.356. The van der Waals surface area contributed by atoms with Crippen LogP contribution >= 0.6 is 0 Å². The summed E-state index contributed by atoms with van der Waals surface area (Å²) >= 11 is 0. The molecule has 0 fully saturated rings. The molecular weight excluding hydrogens is 197 g/mol. The van der Waals surface area contributed by atoms with Crippen LogP contribution in [0.5, 0.6) is 5.75 Å². The first-order valence-electron chi connectivity index (χ1n) is 3.66. The number of aliphatic imine (C=N–C) groups is 1. The first kappa shape index (κ1) is 10.5. The SMILES string of the molecule is C/N=C/c1ncccc1OC(F)(F)F. The summed E-state index contributed by atoms with van der Waals surface area (Å²) in [6.45, 7) is 0. The van der Waals surface area contributed by atoms with E-state index in [2.05, 4.69) is 14.7 Å². The topological polar surface area (TPSA) is 34.5 Å². The molecule has 6 heteroatoms. The molecule has 0 spiro atoms. The summed E-state index contributed by atoms with van der Waals surface area (Å²) in [6, 6.07) is 2.53. The van der Waals surface area contributed by atoms with Gasteiger partial charge in [0.1, 0.15) is 5.69 Å². The summed E-state index contributed by atoms with van der Waals surface area (Å²) < 4.78 is 39.3. The lowest BCUT2D eigenvalue weighted by molar-refractivity contribution is -0.274. The van der Waals surface area contributed by atoms with Gasteiger partial charge in [0.2, 0.25) is 0 Å². The van der Waals surface area contributed by atoms with Gasteiger partial charge < -0.3 is 4.74 Å². The third-order valence-corrected chi connectivity index (χ3v) is 1.28. The molecule has 0 saturated heterocycles. The Bertz CT molecular complexity index is 336. The molecule has 3 nitrogen and oxygen atoms in total. The molecule has 1 aromatic heterocycles. The van der Waals surface area contributed by atoms with Crippen LogP contribution in [0.2, 0.25) is 0 Å². The largest absolute Gasteiger partial charge is 0.573 e. The Morgan fingerprint density at radius 1 is 1.50 bits per heavy atom. The van der Waals surface area contributed by atoms with E-state index < -0.39 is 6.36 Å². The first-order chi connectivity index (χ1) is 6.53. The van der Waals surface area contributed by atoms with Gasteiger partial charge in [0.05, 0.1) is 6.21 Å². The molecule has 1 heterocycles. The van der Waals surface area contributed by atoms with E-state index in [1.807, 2.05) is 0 Å². The lowest BCUT2D eigenvalue weighted by Crippen LogP contribution is -2.18. The van der Waals surface area contributed by atoms with Gasteiger partial charge in [-0.3, -0.25) is 9.98 Å². The summed E-state index contributed by atoms with van der Waals surface area (Å²) in [7, 11) is 1.44. The highest BCUT2D eigenvalue weighted by molar-refractivity contribution is 5.80. The standard InChI is InChI=1S/C8H7F3N2O/c1-12-5-6-7(3-2-4-13-6)14-8(9,10)11/h2-5H,1H3/b12-5+. The number of alkyl halides is 3. The van der Waals surface area contributed by atoms with Crippen molar-refractivity contribution in [3.8, 4) is 5.75 Å². The van der Waals surface area contributed by atoms with Gasteiger partial charge in [0.15, 0.2) is 5.75 Å². The Kier molecular flexibility index (Phi) is 3.06. The van der Waals surface area contributed by atoms with E-state index in [0.29, 0.717) is 0 Å². The Morgan fingerprint density at radius 3 is 2.79 bits per heavy atom. The molecule has 14 heavy (non-hydrogen) atoms. The predicted molar refractivity (Wildman–Crippen MR) is 44.4 cm³/mol. The zero-order valence-electron chi connectivity index (χ0n) is 7.25. The van der Waals surface area contributed by atoms with Gasteiger partial charge in [0, 0.05) is 13.2 Å². The minimum absolute atomic E-state index is 0.0484. The van der Waals surface area contributed by atoms with Crippen molar-refractivity contribution in [3.63, 3.8) is 0 Å². The maximum atomic E-state index is 11.9. The van der Waals surface area contributed by atoms with Gasteiger partial charge in [-0.15, -0.1) is 13.2 Å². The van der Waals surface area contributed by atoms with Crippen molar-refractivity contribution in [2.24, 2.45) is 4.99 Å². The minimum Gasteiger partial charge on any atom is -0.403 e. The molecule has 0 radical (unpaired) electrons. The number of nitrogens with zero attached hydrogens (tertiary/aromatic N) is 2. The highest BCUT2D eigenvalue weighted by Gasteiger charge is 2.32. The summed E-state index contributed by atoms with van der Waals surface area (Å²) in [5, 5.41) is 0. The van der Waals surface area contributed by atoms with Crippen molar-refractivity contribution in [1.29, 1.82) is 0 Å². The maximum absolute atomic E-state index is 11.9. The van der Waals surface area contributed by atoms with Gasteiger partial charge in [-0.05, 0) is 12.1 Å². The second kappa shape index (κ2) is 4.08. The third kappa shape index (κ3) is 3.04. The molecule has 1 rings (SSSR count). The van der Waals surface area contributed by atoms with Crippen molar-refractivity contribution in [1.82, 2.24) is 4.98 Å². The average Bonchev–Trinajstić information content (AvgIpc) is 2.06. The number of aromatic nitrogens is 1. The molecule has 1 aromatic rings. The number of halogens is 3. The molecule has 0 aromatic carbocycles. The zero-order valence-corrected chi connectivity index (χ0v) is 7.25. The van der Waals surface area contributed by atoms with Gasteiger partial charge in [-0.2, -0.15) is 0 Å². The Hall–Kier alpha value is -1.59. The Labute approximate surface area is 78.3 Å². The highest BCUT2D eigenvalue weighted by Crippen LogP contribution is 2.23. The van der Waals surface area contributed by atoms with Crippen LogP contribution < -0.4 is 4.74 Å². The predicted octanol–water partition coefficient (Wildman–Crippen LogP) is 2.03. The minimum atomic E-state index is -4.71. The number of rotatable bonds is 2. The molecule has 0 amide bonds. The summed E-state index contributed by atoms with van der Waals surface area (Å²) in [6.07, 6.45) is -2.15. The lowest BCUT2D eigenvalue weighted by Gasteiger charge is -2.09. The first-order valence-corrected chi connectivity index (χ1v) is 3.66. The molecule has 0 aliphatic carbocycles. The van der Waals surface area contributed by atoms with Gasteiger partial charge in [-0.25, -0.2) is 0 Å². The molecule has 0 saturated carbocycles. The smallest absolute Gasteiger partial charge is 0.403 e. The fourth-order valence-electron chi connectivity index (χ4n) is 0.833. The van der Waals surface area contributed by atoms with Gasteiger partial charge in [-0.1, -0.05) is 0 Å². The van der Waals surface area contributed by atoms with E-state index >= 15 is 0 Å². The fraction of sp³-hybridized carbons (Fsp3) is 0.250. The van der Waals surface area contributed by atoms with Gasteiger partial charge in [0.25, 0.3) is 0 Å². The molecular formula is C8H7F3N2O. The fourth-order valence-corrected chi connectivity index (χ4v) is 0.833. The molecule has 0 bridgehead atoms. The van der Waals surface area contributed by atoms with Gasteiger partial charge >= 0.3 is 6.36 Å². The second-order valence-corrected chi connectivity index (χ2v) is 2.32. The maximum Gasteiger partial charge on any atom is 0.573 e. The number of pyridine rings is 1. The number of hydrogen-bond donors (Lipinski definition) is 0. The lowest BCUT2D eigenvalue weighted by atomic mass is 10.3. The van der Waals surface area contributed by atoms with Crippen molar-refractivity contribution < 1.29 is 17.9 Å². The van der Waals surface area contributed by atoms with Crippen LogP contribution in [0, 0.1) is 0 Å². The van der Waals surface area contributed by atoms with Crippen LogP contribution in [-0.4, -0.2) is 24.6 Å². The van der Waals surface area contributed by atoms with Crippen molar-refractivity contribution in [3.05, 3.63) is 24.0 Å². The average molecular weight is 204 g/mol. The summed E-state index contributed by atoms with van der Waals surface area (Å²) in [4.78, 5) is 7.24. The molecule has 0 N–H and O–H groups in total. The van der Waals surface area contributed by atoms with Crippen LogP contribution in [0.4, 0.5) is 13.2 Å². The van der Waals surface area contributed by atoms with E-state index in [1.54, 1.807) is 0 Å². The van der Waals surface area contributed by atoms with Crippen LogP contribution in [0.3, 0.4) is 0 Å². The third-order valence-electron chi connectivity index (χ3n) is 1.28. The van der Waals surface area contributed by atoms with E-state index in [-0.39, 0.29) is 11.4 Å². The molecule has 76 valence electrons. The van der Waals surface area contributed by atoms with Crippen LogP contribution in [0.1, 0.15) is 5.69 Å². The normalized spacial score (nSPS) is 12.0. The number of hydrogen-bond acceptors (Lipinski definition) is 3. The van der Waals surface area contributed by atoms with E-state index in [9.17, 15) is 13.2 Å².